The zero-order valence-corrected chi connectivity index (χ0v) is 13.3. The van der Waals surface area contributed by atoms with E-state index in [1.165, 1.54) is 14.2 Å². The summed E-state index contributed by atoms with van der Waals surface area (Å²) in [6.45, 7) is 2.94. The first-order valence-corrected chi connectivity index (χ1v) is 7.77. The average Bonchev–Trinajstić information content (AvgIpc) is 3.08. The van der Waals surface area contributed by atoms with Crippen LogP contribution in [-0.4, -0.2) is 14.8 Å². The van der Waals surface area contributed by atoms with Crippen molar-refractivity contribution in [3.8, 4) is 5.69 Å². The Hall–Kier alpha value is -1.66. The monoisotopic (exact) mass is 348 g/mol. The minimum absolute atomic E-state index is 0.822. The van der Waals surface area contributed by atoms with Gasteiger partial charge < -0.3 is 5.32 Å². The van der Waals surface area contributed by atoms with Crippen LogP contribution in [0.4, 0.5) is 5.69 Å². The van der Waals surface area contributed by atoms with Gasteiger partial charge >= 0.3 is 0 Å². The van der Waals surface area contributed by atoms with Crippen LogP contribution in [0.3, 0.4) is 0 Å². The average molecular weight is 349 g/mol. The molecular formula is C14H13BrN4S. The highest BCUT2D eigenvalue weighted by Gasteiger charge is 2.03. The number of aromatic nitrogens is 3. The first-order chi connectivity index (χ1) is 9.72. The Labute approximate surface area is 129 Å². The molecule has 0 aliphatic rings. The first kappa shape index (κ1) is 13.3. The van der Waals surface area contributed by atoms with Gasteiger partial charge in [0.2, 0.25) is 0 Å². The van der Waals surface area contributed by atoms with E-state index in [0.29, 0.717) is 0 Å². The molecule has 3 aromatic rings. The number of thiophene rings is 1. The molecule has 2 heterocycles. The molecule has 1 N–H and O–H groups in total. The maximum atomic E-state index is 3.82. The van der Waals surface area contributed by atoms with Crippen molar-refractivity contribution in [1.82, 2.24) is 14.8 Å². The largest absolute Gasteiger partial charge is 0.380 e. The van der Waals surface area contributed by atoms with E-state index >= 15 is 0 Å². The molecule has 0 amide bonds. The Bertz CT molecular complexity index is 686. The van der Waals surface area contributed by atoms with Crippen molar-refractivity contribution in [2.45, 2.75) is 13.5 Å². The molecule has 0 atom stereocenters. The SMILES string of the molecule is Cc1sc(CNc2cccc(-n3cnnc3)c2)cc1Br. The molecule has 0 aliphatic carbocycles. The number of anilines is 1. The van der Waals surface area contributed by atoms with Crippen LogP contribution in [0.5, 0.6) is 0 Å². The van der Waals surface area contributed by atoms with E-state index in [0.717, 1.165) is 17.9 Å². The number of hydrogen-bond acceptors (Lipinski definition) is 4. The third-order valence-electron chi connectivity index (χ3n) is 2.94. The Morgan fingerprint density at radius 2 is 2.05 bits per heavy atom. The number of hydrogen-bond donors (Lipinski definition) is 1. The van der Waals surface area contributed by atoms with Crippen molar-refractivity contribution in [3.63, 3.8) is 0 Å². The van der Waals surface area contributed by atoms with Crippen LogP contribution in [0.1, 0.15) is 9.75 Å². The molecule has 0 fully saturated rings. The smallest absolute Gasteiger partial charge is 0.123 e. The van der Waals surface area contributed by atoms with Gasteiger partial charge in [-0.3, -0.25) is 4.57 Å². The third kappa shape index (κ3) is 2.91. The minimum Gasteiger partial charge on any atom is -0.380 e. The lowest BCUT2D eigenvalue weighted by Gasteiger charge is -2.07. The molecule has 0 aliphatic heterocycles. The van der Waals surface area contributed by atoms with Gasteiger partial charge in [-0.15, -0.1) is 21.5 Å². The summed E-state index contributed by atoms with van der Waals surface area (Å²) >= 11 is 5.35. The summed E-state index contributed by atoms with van der Waals surface area (Å²) in [5, 5.41) is 11.1. The topological polar surface area (TPSA) is 42.7 Å². The van der Waals surface area contributed by atoms with Crippen molar-refractivity contribution >= 4 is 33.0 Å². The van der Waals surface area contributed by atoms with Crippen LogP contribution >= 0.6 is 27.3 Å². The van der Waals surface area contributed by atoms with Gasteiger partial charge in [-0.25, -0.2) is 0 Å². The molecule has 0 unspecified atom stereocenters. The Morgan fingerprint density at radius 3 is 2.75 bits per heavy atom. The quantitative estimate of drug-likeness (QED) is 0.774. The van der Waals surface area contributed by atoms with E-state index in [2.05, 4.69) is 56.6 Å². The van der Waals surface area contributed by atoms with Gasteiger partial charge in [0.15, 0.2) is 0 Å². The Morgan fingerprint density at radius 1 is 1.25 bits per heavy atom. The number of rotatable bonds is 4. The zero-order chi connectivity index (χ0) is 13.9. The fraction of sp³-hybridized carbons (Fsp3) is 0.143. The summed E-state index contributed by atoms with van der Waals surface area (Å²) in [5.74, 6) is 0. The van der Waals surface area contributed by atoms with E-state index in [1.807, 2.05) is 16.7 Å². The van der Waals surface area contributed by atoms with Crippen LogP contribution < -0.4 is 5.32 Å². The molecule has 1 aromatic carbocycles. The van der Waals surface area contributed by atoms with Crippen LogP contribution in [-0.2, 0) is 6.54 Å². The zero-order valence-electron chi connectivity index (χ0n) is 10.9. The van der Waals surface area contributed by atoms with Gasteiger partial charge in [0, 0.05) is 26.5 Å². The van der Waals surface area contributed by atoms with Crippen LogP contribution in [0.25, 0.3) is 5.69 Å². The van der Waals surface area contributed by atoms with Gasteiger partial charge in [-0.1, -0.05) is 6.07 Å². The standard InChI is InChI=1S/C14H13BrN4S/c1-10-14(15)6-13(20-10)7-16-11-3-2-4-12(5-11)19-8-17-18-9-19/h2-6,8-9,16H,7H2,1H3. The van der Waals surface area contributed by atoms with Crippen molar-refractivity contribution in [2.75, 3.05) is 5.32 Å². The van der Waals surface area contributed by atoms with Gasteiger partial charge in [0.05, 0.1) is 5.69 Å². The van der Waals surface area contributed by atoms with E-state index in [-0.39, 0.29) is 0 Å². The summed E-state index contributed by atoms with van der Waals surface area (Å²) in [4.78, 5) is 2.61. The normalized spacial score (nSPS) is 10.7. The van der Waals surface area contributed by atoms with Crippen LogP contribution in [0.2, 0.25) is 0 Å². The fourth-order valence-corrected chi connectivity index (χ4v) is 3.45. The highest BCUT2D eigenvalue weighted by molar-refractivity contribution is 9.10. The van der Waals surface area contributed by atoms with E-state index < -0.39 is 0 Å². The molecule has 2 aromatic heterocycles. The Balaban J connectivity index is 1.73. The van der Waals surface area contributed by atoms with Crippen molar-refractivity contribution < 1.29 is 0 Å². The summed E-state index contributed by atoms with van der Waals surface area (Å²) in [6.07, 6.45) is 3.39. The van der Waals surface area contributed by atoms with Crippen molar-refractivity contribution in [3.05, 3.63) is 57.2 Å². The highest BCUT2D eigenvalue weighted by Crippen LogP contribution is 2.27. The minimum atomic E-state index is 0.822. The second-order valence-electron chi connectivity index (χ2n) is 4.39. The molecule has 0 saturated heterocycles. The predicted molar refractivity (Wildman–Crippen MR) is 85.4 cm³/mol. The lowest BCUT2D eigenvalue weighted by atomic mass is 10.2. The molecule has 3 rings (SSSR count). The van der Waals surface area contributed by atoms with Crippen molar-refractivity contribution in [1.29, 1.82) is 0 Å². The summed E-state index contributed by atoms with van der Waals surface area (Å²) in [5.41, 5.74) is 2.13. The maximum Gasteiger partial charge on any atom is 0.123 e. The molecule has 102 valence electrons. The molecular weight excluding hydrogens is 336 g/mol. The van der Waals surface area contributed by atoms with E-state index in [1.54, 1.807) is 24.0 Å². The van der Waals surface area contributed by atoms with Crippen LogP contribution in [0, 0.1) is 6.92 Å². The summed E-state index contributed by atoms with van der Waals surface area (Å²) in [6, 6.07) is 10.4. The molecule has 0 bridgehead atoms. The number of halogens is 1. The first-order valence-electron chi connectivity index (χ1n) is 6.16. The second-order valence-corrected chi connectivity index (χ2v) is 6.59. The lowest BCUT2D eigenvalue weighted by Crippen LogP contribution is -1.98. The summed E-state index contributed by atoms with van der Waals surface area (Å²) in [7, 11) is 0. The second kappa shape index (κ2) is 5.76. The maximum absolute atomic E-state index is 3.82. The number of aryl methyl sites for hydroxylation is 1. The van der Waals surface area contributed by atoms with E-state index in [9.17, 15) is 0 Å². The number of benzene rings is 1. The molecule has 0 saturated carbocycles. The molecule has 0 spiro atoms. The fourth-order valence-electron chi connectivity index (χ4n) is 1.90. The van der Waals surface area contributed by atoms with E-state index in [4.69, 9.17) is 0 Å². The van der Waals surface area contributed by atoms with Crippen molar-refractivity contribution in [2.24, 2.45) is 0 Å². The van der Waals surface area contributed by atoms with Gasteiger partial charge in [0.1, 0.15) is 12.7 Å². The molecule has 20 heavy (non-hydrogen) atoms. The number of nitrogens with one attached hydrogen (secondary N) is 1. The van der Waals surface area contributed by atoms with Gasteiger partial charge in [-0.2, -0.15) is 0 Å². The Kier molecular flexibility index (Phi) is 3.84. The number of nitrogens with zero attached hydrogens (tertiary/aromatic N) is 3. The van der Waals surface area contributed by atoms with Gasteiger partial charge in [0.25, 0.3) is 0 Å². The summed E-state index contributed by atoms with van der Waals surface area (Å²) < 4.78 is 3.06. The lowest BCUT2D eigenvalue weighted by molar-refractivity contribution is 1.05. The van der Waals surface area contributed by atoms with Crippen LogP contribution in [0.15, 0.2) is 47.5 Å². The predicted octanol–water partition coefficient (Wildman–Crippen LogP) is 4.01. The molecule has 4 nitrogen and oxygen atoms in total. The molecule has 6 heteroatoms. The highest BCUT2D eigenvalue weighted by atomic mass is 79.9. The van der Waals surface area contributed by atoms with Gasteiger partial charge in [-0.05, 0) is 47.1 Å². The third-order valence-corrected chi connectivity index (χ3v) is 5.07. The molecule has 0 radical (unpaired) electrons.